The smallest absolute Gasteiger partial charge is 0.317 e. The number of aryl methyl sites for hydroxylation is 1. The fourth-order valence-electron chi connectivity index (χ4n) is 3.84. The summed E-state index contributed by atoms with van der Waals surface area (Å²) in [4.78, 5) is 26.2. The van der Waals surface area contributed by atoms with Gasteiger partial charge in [0.15, 0.2) is 0 Å². The van der Waals surface area contributed by atoms with Gasteiger partial charge in [0.1, 0.15) is 17.4 Å². The van der Waals surface area contributed by atoms with Crippen LogP contribution in [0, 0.1) is 6.92 Å². The second kappa shape index (κ2) is 10.2. The van der Waals surface area contributed by atoms with E-state index < -0.39 is 0 Å². The Bertz CT molecular complexity index is 934. The number of methoxy groups -OCH3 is 2. The molecule has 0 atom stereocenters. The number of amides is 2. The fraction of sp³-hybridized carbons (Fsp3) is 0.542. The Morgan fingerprint density at radius 1 is 1.12 bits per heavy atom. The topological polar surface area (TPSA) is 79.8 Å². The summed E-state index contributed by atoms with van der Waals surface area (Å²) in [5.74, 6) is 2.46. The lowest BCUT2D eigenvalue weighted by molar-refractivity contribution is 0.180. The van der Waals surface area contributed by atoms with Crippen molar-refractivity contribution in [1.82, 2.24) is 20.2 Å². The van der Waals surface area contributed by atoms with Gasteiger partial charge in [-0.15, -0.1) is 0 Å². The fourth-order valence-corrected chi connectivity index (χ4v) is 3.84. The molecule has 8 nitrogen and oxygen atoms in total. The van der Waals surface area contributed by atoms with Crippen LogP contribution in [0.25, 0.3) is 0 Å². The first kappa shape index (κ1) is 23.8. The molecule has 0 aliphatic carbocycles. The van der Waals surface area contributed by atoms with Gasteiger partial charge < -0.3 is 24.6 Å². The van der Waals surface area contributed by atoms with Crippen molar-refractivity contribution >= 4 is 11.8 Å². The zero-order chi connectivity index (χ0) is 23.3. The minimum Gasteiger partial charge on any atom is -0.497 e. The van der Waals surface area contributed by atoms with Crippen molar-refractivity contribution in [3.63, 3.8) is 0 Å². The average Bonchev–Trinajstić information content (AvgIpc) is 2.74. The normalized spacial score (nSPS) is 14.4. The molecule has 1 N–H and O–H groups in total. The van der Waals surface area contributed by atoms with Crippen molar-refractivity contribution in [3.05, 3.63) is 46.9 Å². The van der Waals surface area contributed by atoms with Crippen LogP contribution in [0.3, 0.4) is 0 Å². The molecule has 1 aromatic heterocycles. The highest BCUT2D eigenvalue weighted by Gasteiger charge is 2.27. The number of anilines is 1. The van der Waals surface area contributed by atoms with Gasteiger partial charge in [0.05, 0.1) is 19.4 Å². The Kier molecular flexibility index (Phi) is 7.56. The highest BCUT2D eigenvalue weighted by Crippen LogP contribution is 2.27. The second-order valence-corrected chi connectivity index (χ2v) is 9.14. The third kappa shape index (κ3) is 6.09. The molecule has 1 saturated heterocycles. The molecule has 2 aromatic rings. The van der Waals surface area contributed by atoms with E-state index in [0.29, 0.717) is 45.0 Å². The molecule has 2 heterocycles. The van der Waals surface area contributed by atoms with Crippen molar-refractivity contribution in [1.29, 1.82) is 0 Å². The highest BCUT2D eigenvalue weighted by molar-refractivity contribution is 5.75. The maximum Gasteiger partial charge on any atom is 0.317 e. The summed E-state index contributed by atoms with van der Waals surface area (Å²) in [5, 5.41) is 3.05. The molecule has 0 bridgehead atoms. The summed E-state index contributed by atoms with van der Waals surface area (Å²) in [6, 6.07) is 8.03. The number of benzene rings is 1. The number of hydrogen-bond acceptors (Lipinski definition) is 6. The molecule has 0 spiro atoms. The third-order valence-electron chi connectivity index (χ3n) is 5.33. The number of carbonyl (C=O) groups excluding carboxylic acids is 1. The lowest BCUT2D eigenvalue weighted by Gasteiger charge is -2.37. The van der Waals surface area contributed by atoms with Crippen LogP contribution in [0.15, 0.2) is 24.3 Å². The van der Waals surface area contributed by atoms with Crippen LogP contribution in [0.2, 0.25) is 0 Å². The summed E-state index contributed by atoms with van der Waals surface area (Å²) in [6.45, 7) is 11.0. The highest BCUT2D eigenvalue weighted by atomic mass is 16.5. The summed E-state index contributed by atoms with van der Waals surface area (Å²) in [5.41, 5.74) is 2.82. The first-order chi connectivity index (χ1) is 15.2. The van der Waals surface area contributed by atoms with E-state index in [-0.39, 0.29) is 11.6 Å². The summed E-state index contributed by atoms with van der Waals surface area (Å²) < 4.78 is 10.8. The standard InChI is InChI=1S/C24H35N5O3/c1-17-25-21(16-31-5)20(15-18-8-7-9-19(14-18)32-6)22(26-17)28-10-12-29(13-11-28)23(30)27-24(2,3)4/h7-9,14H,10-13,15-16H2,1-6H3,(H,27,30). The van der Waals surface area contributed by atoms with Crippen molar-refractivity contribution < 1.29 is 14.3 Å². The molecule has 0 saturated carbocycles. The van der Waals surface area contributed by atoms with Gasteiger partial charge in [-0.3, -0.25) is 0 Å². The Balaban J connectivity index is 1.85. The number of urea groups is 1. The van der Waals surface area contributed by atoms with Crippen molar-refractivity contribution in [2.45, 2.75) is 46.3 Å². The summed E-state index contributed by atoms with van der Waals surface area (Å²) in [7, 11) is 3.35. The SMILES string of the molecule is COCc1nc(C)nc(N2CCN(C(=O)NC(C)(C)C)CC2)c1Cc1cccc(OC)c1. The molecule has 1 aliphatic rings. The molecule has 0 unspecified atom stereocenters. The molecule has 3 rings (SSSR count). The average molecular weight is 442 g/mol. The van der Waals surface area contributed by atoms with Gasteiger partial charge in [-0.05, 0) is 45.4 Å². The first-order valence-corrected chi connectivity index (χ1v) is 11.0. The lowest BCUT2D eigenvalue weighted by atomic mass is 10.0. The maximum absolute atomic E-state index is 12.6. The zero-order valence-electron chi connectivity index (χ0n) is 20.1. The molecule has 0 radical (unpaired) electrons. The van der Waals surface area contributed by atoms with Gasteiger partial charge in [0.2, 0.25) is 0 Å². The molecule has 32 heavy (non-hydrogen) atoms. The van der Waals surface area contributed by atoms with Crippen LogP contribution >= 0.6 is 0 Å². The van der Waals surface area contributed by atoms with E-state index in [0.717, 1.165) is 28.4 Å². The van der Waals surface area contributed by atoms with E-state index in [4.69, 9.17) is 14.5 Å². The Hall–Kier alpha value is -2.87. The van der Waals surface area contributed by atoms with Gasteiger partial charge in [0.25, 0.3) is 0 Å². The van der Waals surface area contributed by atoms with E-state index in [9.17, 15) is 4.79 Å². The van der Waals surface area contributed by atoms with Crippen LogP contribution in [-0.4, -0.2) is 66.8 Å². The minimum atomic E-state index is -0.253. The number of rotatable bonds is 6. The molecular weight excluding hydrogens is 406 g/mol. The monoisotopic (exact) mass is 441 g/mol. The molecular formula is C24H35N5O3. The van der Waals surface area contributed by atoms with Crippen molar-refractivity contribution in [3.8, 4) is 5.75 Å². The molecule has 1 fully saturated rings. The zero-order valence-corrected chi connectivity index (χ0v) is 20.1. The molecule has 2 amide bonds. The van der Waals surface area contributed by atoms with Crippen molar-refractivity contribution in [2.24, 2.45) is 0 Å². The molecule has 1 aliphatic heterocycles. The maximum atomic E-state index is 12.6. The van der Waals surface area contributed by atoms with Gasteiger partial charge in [-0.2, -0.15) is 0 Å². The predicted molar refractivity (Wildman–Crippen MR) is 125 cm³/mol. The summed E-state index contributed by atoms with van der Waals surface area (Å²) >= 11 is 0. The van der Waals surface area contributed by atoms with Crippen molar-refractivity contribution in [2.75, 3.05) is 45.3 Å². The van der Waals surface area contributed by atoms with E-state index in [1.807, 2.05) is 50.8 Å². The summed E-state index contributed by atoms with van der Waals surface area (Å²) in [6.07, 6.45) is 0.677. The van der Waals surface area contributed by atoms with Crippen LogP contribution in [0.1, 0.15) is 43.4 Å². The van der Waals surface area contributed by atoms with E-state index in [1.54, 1.807) is 14.2 Å². The van der Waals surface area contributed by atoms with E-state index in [1.165, 1.54) is 0 Å². The Morgan fingerprint density at radius 3 is 2.47 bits per heavy atom. The van der Waals surface area contributed by atoms with E-state index >= 15 is 0 Å². The third-order valence-corrected chi connectivity index (χ3v) is 5.33. The number of nitrogens with zero attached hydrogens (tertiary/aromatic N) is 4. The number of nitrogens with one attached hydrogen (secondary N) is 1. The second-order valence-electron chi connectivity index (χ2n) is 9.14. The van der Waals surface area contributed by atoms with Crippen LogP contribution in [0.5, 0.6) is 5.75 Å². The predicted octanol–water partition coefficient (Wildman–Crippen LogP) is 3.16. The number of carbonyl (C=O) groups is 1. The van der Waals surface area contributed by atoms with E-state index in [2.05, 4.69) is 21.3 Å². The Morgan fingerprint density at radius 2 is 1.84 bits per heavy atom. The largest absolute Gasteiger partial charge is 0.497 e. The number of piperazine rings is 1. The molecule has 174 valence electrons. The quantitative estimate of drug-likeness (QED) is 0.742. The first-order valence-electron chi connectivity index (χ1n) is 11.0. The van der Waals surface area contributed by atoms with Gasteiger partial charge in [-0.25, -0.2) is 14.8 Å². The number of hydrogen-bond donors (Lipinski definition) is 1. The Labute approximate surface area is 190 Å². The van der Waals surface area contributed by atoms with Crippen LogP contribution in [0.4, 0.5) is 10.6 Å². The molecule has 8 heteroatoms. The number of ether oxygens (including phenoxy) is 2. The van der Waals surface area contributed by atoms with Crippen LogP contribution < -0.4 is 15.0 Å². The number of aromatic nitrogens is 2. The van der Waals surface area contributed by atoms with Crippen LogP contribution in [-0.2, 0) is 17.8 Å². The molecule has 1 aromatic carbocycles. The van der Waals surface area contributed by atoms with Gasteiger partial charge in [0, 0.05) is 50.8 Å². The van der Waals surface area contributed by atoms with Gasteiger partial charge >= 0.3 is 6.03 Å². The van der Waals surface area contributed by atoms with Gasteiger partial charge in [-0.1, -0.05) is 12.1 Å². The minimum absolute atomic E-state index is 0.0207. The lowest BCUT2D eigenvalue weighted by Crippen LogP contribution is -2.55.